The fourth-order valence-electron chi connectivity index (χ4n) is 2.85. The molecule has 0 radical (unpaired) electrons. The van der Waals surface area contributed by atoms with E-state index in [9.17, 15) is 9.90 Å². The minimum absolute atomic E-state index is 0. The van der Waals surface area contributed by atoms with E-state index in [0.717, 1.165) is 18.5 Å². The summed E-state index contributed by atoms with van der Waals surface area (Å²) < 4.78 is 9.46. The van der Waals surface area contributed by atoms with Crippen molar-refractivity contribution >= 4 is 23.0 Å². The minimum Gasteiger partial charge on any atom is -1.00 e. The zero-order chi connectivity index (χ0) is 20.8. The molecule has 0 atom stereocenters. The molecule has 0 aliphatic heterocycles. The number of phenolic OH excluding ortho intramolecular Hbond substituents is 1. The van der Waals surface area contributed by atoms with Gasteiger partial charge in [-0.1, -0.05) is 6.07 Å². The van der Waals surface area contributed by atoms with Crippen LogP contribution in [0.2, 0.25) is 0 Å². The number of anilines is 3. The molecule has 0 aliphatic rings. The number of phenols is 1. The van der Waals surface area contributed by atoms with E-state index in [1.165, 1.54) is 6.07 Å². The number of nitrogen functional groups attached to an aromatic ring is 2. The molecule has 0 unspecified atom stereocenters. The van der Waals surface area contributed by atoms with Crippen molar-refractivity contribution in [1.82, 2.24) is 4.57 Å². The monoisotopic (exact) mass is 431 g/mol. The van der Waals surface area contributed by atoms with Gasteiger partial charge in [0.15, 0.2) is 6.54 Å². The summed E-state index contributed by atoms with van der Waals surface area (Å²) in [5.74, 6) is 0.614. The van der Waals surface area contributed by atoms with Gasteiger partial charge in [0.05, 0.1) is 18.8 Å². The Morgan fingerprint density at radius 2 is 2.03 bits per heavy atom. The van der Waals surface area contributed by atoms with E-state index in [1.54, 1.807) is 41.8 Å². The molecule has 0 spiro atoms. The van der Waals surface area contributed by atoms with Crippen molar-refractivity contribution in [2.75, 3.05) is 23.4 Å². The number of benzene rings is 2. The van der Waals surface area contributed by atoms with Gasteiger partial charge in [0, 0.05) is 23.9 Å². The molecule has 9 heteroatoms. The molecule has 30 heavy (non-hydrogen) atoms. The number of nitrogens with zero attached hydrogens (tertiary/aromatic N) is 2. The lowest BCUT2D eigenvalue weighted by Gasteiger charge is -2.08. The minimum atomic E-state index is -0.168. The fraction of sp³-hybridized carbons (Fsp3) is 0.238. The second-order valence-corrected chi connectivity index (χ2v) is 6.87. The molecular weight excluding hydrogens is 406 g/mol. The van der Waals surface area contributed by atoms with Crippen LogP contribution in [0, 0.1) is 6.92 Å². The van der Waals surface area contributed by atoms with Crippen LogP contribution >= 0.6 is 0 Å². The van der Waals surface area contributed by atoms with Crippen LogP contribution in [0.3, 0.4) is 0 Å². The molecule has 3 rings (SSSR count). The number of nitrogens with one attached hydrogen (secondary N) is 1. The van der Waals surface area contributed by atoms with Gasteiger partial charge in [-0.15, -0.1) is 0 Å². The highest BCUT2D eigenvalue weighted by molar-refractivity contribution is 5.89. The summed E-state index contributed by atoms with van der Waals surface area (Å²) in [4.78, 5) is 12.2. The van der Waals surface area contributed by atoms with E-state index >= 15 is 0 Å². The van der Waals surface area contributed by atoms with Gasteiger partial charge in [0.1, 0.15) is 23.9 Å². The summed E-state index contributed by atoms with van der Waals surface area (Å²) in [5, 5.41) is 12.5. The number of aryl methyl sites for hydroxylation is 2. The van der Waals surface area contributed by atoms with Gasteiger partial charge in [-0.05, 0) is 36.8 Å². The van der Waals surface area contributed by atoms with Crippen LogP contribution in [0.15, 0.2) is 55.1 Å². The van der Waals surface area contributed by atoms with Gasteiger partial charge in [-0.2, -0.15) is 0 Å². The number of aromatic hydroxyl groups is 1. The first-order valence-corrected chi connectivity index (χ1v) is 9.33. The van der Waals surface area contributed by atoms with Crippen molar-refractivity contribution in [3.63, 3.8) is 0 Å². The lowest BCUT2D eigenvalue weighted by Crippen LogP contribution is -3.00. The number of aromatic nitrogens is 2. The average molecular weight is 432 g/mol. The SMILES string of the molecule is Cc1ccc(NC(=O)C[n+]2ccn(CCCOc3ccc(N)cc3N)c2)cc1O.[Cl-]. The molecule has 3 aromatic rings. The third kappa shape index (κ3) is 6.31. The standard InChI is InChI=1S/C21H25N5O3.ClH/c1-15-3-5-17(12-19(15)27)24-21(28)13-26-9-8-25(14-26)7-2-10-29-20-6-4-16(22)11-18(20)23;/h3-6,8-9,11-12,14H,2,7,10,13,22-23H2,1H3,(H-,24,27,28);1H. The molecule has 2 aromatic carbocycles. The van der Waals surface area contributed by atoms with E-state index in [0.29, 0.717) is 29.4 Å². The maximum Gasteiger partial charge on any atom is 0.266 e. The van der Waals surface area contributed by atoms with Crippen molar-refractivity contribution < 1.29 is 31.6 Å². The molecule has 0 aliphatic carbocycles. The smallest absolute Gasteiger partial charge is 0.266 e. The topological polar surface area (TPSA) is 119 Å². The van der Waals surface area contributed by atoms with Crippen LogP contribution in [0.5, 0.6) is 11.5 Å². The van der Waals surface area contributed by atoms with Gasteiger partial charge >= 0.3 is 0 Å². The summed E-state index contributed by atoms with van der Waals surface area (Å²) in [7, 11) is 0. The zero-order valence-corrected chi connectivity index (χ0v) is 17.5. The molecule has 0 fully saturated rings. The first-order chi connectivity index (χ1) is 13.9. The summed E-state index contributed by atoms with van der Waals surface area (Å²) in [6.45, 7) is 3.24. The Morgan fingerprint density at radius 3 is 2.77 bits per heavy atom. The van der Waals surface area contributed by atoms with Crippen LogP contribution in [0.1, 0.15) is 12.0 Å². The predicted molar refractivity (Wildman–Crippen MR) is 111 cm³/mol. The van der Waals surface area contributed by atoms with Crippen LogP contribution < -0.4 is 38.5 Å². The molecule has 8 nitrogen and oxygen atoms in total. The van der Waals surface area contributed by atoms with E-state index in [-0.39, 0.29) is 30.6 Å². The Kier molecular flexibility index (Phi) is 7.94. The number of imidazole rings is 1. The third-order valence-electron chi connectivity index (χ3n) is 4.42. The predicted octanol–water partition coefficient (Wildman–Crippen LogP) is -0.934. The van der Waals surface area contributed by atoms with E-state index in [4.69, 9.17) is 16.2 Å². The number of hydrogen-bond acceptors (Lipinski definition) is 5. The molecule has 0 saturated heterocycles. The Hall–Kier alpha value is -3.39. The van der Waals surface area contributed by atoms with E-state index < -0.39 is 0 Å². The molecule has 1 heterocycles. The number of rotatable bonds is 8. The van der Waals surface area contributed by atoms with Crippen molar-refractivity contribution in [2.45, 2.75) is 26.4 Å². The van der Waals surface area contributed by atoms with Gasteiger partial charge in [0.2, 0.25) is 6.33 Å². The zero-order valence-electron chi connectivity index (χ0n) is 16.7. The maximum atomic E-state index is 12.2. The van der Waals surface area contributed by atoms with Crippen molar-refractivity contribution in [3.05, 3.63) is 60.7 Å². The first-order valence-electron chi connectivity index (χ1n) is 9.33. The summed E-state index contributed by atoms with van der Waals surface area (Å²) in [6, 6.07) is 10.2. The van der Waals surface area contributed by atoms with Gasteiger partial charge < -0.3 is 39.0 Å². The second kappa shape index (κ2) is 10.4. The van der Waals surface area contributed by atoms with Gasteiger partial charge in [0.25, 0.3) is 5.91 Å². The molecule has 6 N–H and O–H groups in total. The highest BCUT2D eigenvalue weighted by Gasteiger charge is 2.10. The Balaban J connectivity index is 0.00000320. The molecular formula is C21H26ClN5O3. The number of carbonyl (C=O) groups is 1. The van der Waals surface area contributed by atoms with Crippen LogP contribution in [0.4, 0.5) is 17.1 Å². The lowest BCUT2D eigenvalue weighted by molar-refractivity contribution is -0.683. The van der Waals surface area contributed by atoms with Crippen molar-refractivity contribution in [2.24, 2.45) is 0 Å². The highest BCUT2D eigenvalue weighted by Crippen LogP contribution is 2.23. The van der Waals surface area contributed by atoms with Crippen molar-refractivity contribution in [1.29, 1.82) is 0 Å². The number of nitrogens with two attached hydrogens (primary N) is 2. The lowest BCUT2D eigenvalue weighted by atomic mass is 10.2. The molecule has 0 bridgehead atoms. The molecule has 160 valence electrons. The number of carbonyl (C=O) groups excluding carboxylic acids is 1. The number of halogens is 1. The molecule has 1 amide bonds. The second-order valence-electron chi connectivity index (χ2n) is 6.87. The Labute approximate surface area is 181 Å². The third-order valence-corrected chi connectivity index (χ3v) is 4.42. The van der Waals surface area contributed by atoms with Crippen LogP contribution in [-0.4, -0.2) is 22.2 Å². The maximum absolute atomic E-state index is 12.2. The van der Waals surface area contributed by atoms with E-state index in [1.807, 2.05) is 23.3 Å². The Morgan fingerprint density at radius 1 is 1.23 bits per heavy atom. The highest BCUT2D eigenvalue weighted by atomic mass is 35.5. The van der Waals surface area contributed by atoms with Gasteiger partial charge in [-0.3, -0.25) is 4.79 Å². The molecule has 1 aromatic heterocycles. The average Bonchev–Trinajstić information content (AvgIpc) is 3.10. The fourth-order valence-corrected chi connectivity index (χ4v) is 2.85. The van der Waals surface area contributed by atoms with Crippen LogP contribution in [-0.2, 0) is 17.9 Å². The molecule has 0 saturated carbocycles. The summed E-state index contributed by atoms with van der Waals surface area (Å²) in [6.07, 6.45) is 6.39. The van der Waals surface area contributed by atoms with E-state index in [2.05, 4.69) is 5.32 Å². The summed E-state index contributed by atoms with van der Waals surface area (Å²) in [5.41, 5.74) is 14.0. The van der Waals surface area contributed by atoms with Crippen LogP contribution in [0.25, 0.3) is 0 Å². The largest absolute Gasteiger partial charge is 1.00 e. The quantitative estimate of drug-likeness (QED) is 0.208. The number of ether oxygens (including phenoxy) is 1. The normalized spacial score (nSPS) is 10.3. The summed E-state index contributed by atoms with van der Waals surface area (Å²) >= 11 is 0. The first kappa shape index (κ1) is 22.9. The number of amides is 1. The number of hydrogen-bond donors (Lipinski definition) is 4. The van der Waals surface area contributed by atoms with Crippen molar-refractivity contribution in [3.8, 4) is 11.5 Å². The van der Waals surface area contributed by atoms with Gasteiger partial charge in [-0.25, -0.2) is 9.13 Å². The Bertz CT molecular complexity index is 1010.